The van der Waals surface area contributed by atoms with E-state index in [1.807, 2.05) is 74.5 Å². The second-order valence-corrected chi connectivity index (χ2v) is 11.8. The lowest BCUT2D eigenvalue weighted by Crippen LogP contribution is -2.14. The summed E-state index contributed by atoms with van der Waals surface area (Å²) in [5.41, 5.74) is 3.61. The fourth-order valence-corrected chi connectivity index (χ4v) is 7.02. The Balaban J connectivity index is 1.78. The van der Waals surface area contributed by atoms with Crippen LogP contribution < -0.4 is 4.74 Å². The molecule has 0 spiro atoms. The van der Waals surface area contributed by atoms with Crippen LogP contribution in [0.4, 0.5) is 0 Å². The average molecular weight is 516 g/mol. The van der Waals surface area contributed by atoms with E-state index in [9.17, 15) is 12.6 Å². The molecule has 1 atom stereocenters. The monoisotopic (exact) mass is 515 g/mol. The van der Waals surface area contributed by atoms with Gasteiger partial charge in [-0.2, -0.15) is 0 Å². The van der Waals surface area contributed by atoms with Gasteiger partial charge in [0.2, 0.25) is 0 Å². The number of hydrogen-bond donors (Lipinski definition) is 0. The van der Waals surface area contributed by atoms with Gasteiger partial charge in [-0.25, -0.2) is 16.6 Å². The van der Waals surface area contributed by atoms with E-state index in [1.165, 1.54) is 3.97 Å². The molecule has 0 aliphatic rings. The Morgan fingerprint density at radius 3 is 2.08 bits per heavy atom. The Kier molecular flexibility index (Phi) is 6.28. The Bertz CT molecular complexity index is 1690. The molecular formula is C29H25NO4S2. The quantitative estimate of drug-likeness (QED) is 0.265. The minimum atomic E-state index is -3.93. The van der Waals surface area contributed by atoms with Crippen LogP contribution in [-0.2, 0) is 20.8 Å². The highest BCUT2D eigenvalue weighted by molar-refractivity contribution is 7.90. The first-order valence-corrected chi connectivity index (χ1v) is 14.0. The molecule has 0 saturated carbocycles. The molecule has 36 heavy (non-hydrogen) atoms. The number of fused-ring (bicyclic) bond motifs is 1. The molecule has 1 aromatic heterocycles. The largest absolute Gasteiger partial charge is 0.497 e. The Morgan fingerprint density at radius 1 is 0.778 bits per heavy atom. The van der Waals surface area contributed by atoms with Crippen molar-refractivity contribution in [2.45, 2.75) is 28.5 Å². The minimum Gasteiger partial charge on any atom is -0.497 e. The number of nitrogens with zero attached hydrogens (tertiary/aromatic N) is 1. The maximum absolute atomic E-state index is 14.0. The van der Waals surface area contributed by atoms with Crippen molar-refractivity contribution < 1.29 is 17.4 Å². The predicted octanol–water partition coefficient (Wildman–Crippen LogP) is 6.34. The number of benzene rings is 4. The molecule has 0 bridgehead atoms. The molecule has 0 aliphatic carbocycles. The van der Waals surface area contributed by atoms with Crippen molar-refractivity contribution in [1.82, 2.24) is 3.97 Å². The summed E-state index contributed by atoms with van der Waals surface area (Å²) < 4.78 is 48.0. The highest BCUT2D eigenvalue weighted by Gasteiger charge is 2.27. The molecule has 0 fully saturated rings. The summed E-state index contributed by atoms with van der Waals surface area (Å²) in [4.78, 5) is 1.51. The summed E-state index contributed by atoms with van der Waals surface area (Å²) in [7, 11) is -3.73. The van der Waals surface area contributed by atoms with E-state index >= 15 is 0 Å². The van der Waals surface area contributed by atoms with Gasteiger partial charge < -0.3 is 4.74 Å². The van der Waals surface area contributed by atoms with E-state index in [2.05, 4.69) is 0 Å². The molecule has 1 unspecified atom stereocenters. The second kappa shape index (κ2) is 9.41. The highest BCUT2D eigenvalue weighted by Crippen LogP contribution is 2.38. The molecule has 0 aliphatic heterocycles. The fraction of sp³-hybridized carbons (Fsp3) is 0.103. The predicted molar refractivity (Wildman–Crippen MR) is 144 cm³/mol. The van der Waals surface area contributed by atoms with Gasteiger partial charge in [0.1, 0.15) is 5.75 Å². The summed E-state index contributed by atoms with van der Waals surface area (Å²) in [6, 6.07) is 28.7. The molecule has 7 heteroatoms. The Hall–Kier alpha value is -3.68. The summed E-state index contributed by atoms with van der Waals surface area (Å²) >= 11 is 0. The summed E-state index contributed by atoms with van der Waals surface area (Å²) in [6.45, 7) is 3.82. The highest BCUT2D eigenvalue weighted by atomic mass is 32.2. The third kappa shape index (κ3) is 4.14. The Morgan fingerprint density at radius 2 is 1.44 bits per heavy atom. The lowest BCUT2D eigenvalue weighted by Gasteiger charge is -2.14. The van der Waals surface area contributed by atoms with Gasteiger partial charge in [-0.15, -0.1) is 0 Å². The van der Waals surface area contributed by atoms with Crippen molar-refractivity contribution in [1.29, 1.82) is 0 Å². The molecular weight excluding hydrogens is 490 g/mol. The third-order valence-corrected chi connectivity index (χ3v) is 9.35. The van der Waals surface area contributed by atoms with Gasteiger partial charge in [0.25, 0.3) is 10.0 Å². The first-order valence-electron chi connectivity index (χ1n) is 11.4. The van der Waals surface area contributed by atoms with Crippen LogP contribution in [0.1, 0.15) is 11.1 Å². The molecule has 0 saturated heterocycles. The van der Waals surface area contributed by atoms with Crippen molar-refractivity contribution in [2.75, 3.05) is 7.11 Å². The zero-order valence-electron chi connectivity index (χ0n) is 20.1. The standard InChI is InChI=1S/C29H25NO4S2/c1-20-9-16-26(17-10-20)36(32,33)30-28-18-15-25(35(31)24-7-5-4-6-8-24)19-27(28)21(2)29(30)22-11-13-23(34-3)14-12-22/h4-19H,1-3H3. The van der Waals surface area contributed by atoms with E-state index in [4.69, 9.17) is 4.74 Å². The van der Waals surface area contributed by atoms with Gasteiger partial charge in [-0.05, 0) is 91.7 Å². The molecule has 1 heterocycles. The fourth-order valence-electron chi connectivity index (χ4n) is 4.34. The SMILES string of the molecule is COc1ccc(-c2c(C)c3cc(S(=O)c4ccccc4)ccc3n2S(=O)(=O)c2ccc(C)cc2)cc1. The van der Waals surface area contributed by atoms with Gasteiger partial charge in [-0.1, -0.05) is 35.9 Å². The molecule has 5 aromatic rings. The maximum Gasteiger partial charge on any atom is 0.268 e. The van der Waals surface area contributed by atoms with Crippen LogP contribution in [0.2, 0.25) is 0 Å². The van der Waals surface area contributed by atoms with Crippen molar-refractivity contribution in [3.05, 3.63) is 108 Å². The topological polar surface area (TPSA) is 65.4 Å². The normalized spacial score (nSPS) is 12.5. The first kappa shape index (κ1) is 24.0. The molecule has 5 nitrogen and oxygen atoms in total. The zero-order valence-corrected chi connectivity index (χ0v) is 21.8. The smallest absolute Gasteiger partial charge is 0.268 e. The average Bonchev–Trinajstić information content (AvgIpc) is 3.21. The number of aryl methyl sites for hydroxylation is 2. The van der Waals surface area contributed by atoms with Crippen LogP contribution in [0.3, 0.4) is 0 Å². The van der Waals surface area contributed by atoms with Crippen molar-refractivity contribution in [3.8, 4) is 17.0 Å². The summed E-state index contributed by atoms with van der Waals surface area (Å²) in [5, 5.41) is 0.735. The molecule has 5 rings (SSSR count). The molecule has 182 valence electrons. The summed E-state index contributed by atoms with van der Waals surface area (Å²) in [5.74, 6) is 0.681. The van der Waals surface area contributed by atoms with Gasteiger partial charge in [0.15, 0.2) is 0 Å². The number of rotatable bonds is 6. The number of aromatic nitrogens is 1. The molecule has 0 radical (unpaired) electrons. The van der Waals surface area contributed by atoms with Gasteiger partial charge in [-0.3, -0.25) is 0 Å². The lowest BCUT2D eigenvalue weighted by atomic mass is 10.1. The van der Waals surface area contributed by atoms with Gasteiger partial charge >= 0.3 is 0 Å². The van der Waals surface area contributed by atoms with Crippen LogP contribution >= 0.6 is 0 Å². The van der Waals surface area contributed by atoms with Crippen molar-refractivity contribution in [2.24, 2.45) is 0 Å². The van der Waals surface area contributed by atoms with Crippen LogP contribution in [0, 0.1) is 13.8 Å². The van der Waals surface area contributed by atoms with E-state index in [-0.39, 0.29) is 4.90 Å². The minimum absolute atomic E-state index is 0.205. The molecule has 0 N–H and O–H groups in total. The van der Waals surface area contributed by atoms with Gasteiger partial charge in [0, 0.05) is 15.2 Å². The van der Waals surface area contributed by atoms with Crippen molar-refractivity contribution >= 4 is 31.7 Å². The third-order valence-electron chi connectivity index (χ3n) is 6.24. The Labute approximate surface area is 213 Å². The number of hydrogen-bond acceptors (Lipinski definition) is 4. The van der Waals surface area contributed by atoms with Crippen LogP contribution in [0.5, 0.6) is 5.75 Å². The van der Waals surface area contributed by atoms with Crippen molar-refractivity contribution in [3.63, 3.8) is 0 Å². The van der Waals surface area contributed by atoms with E-state index in [1.54, 1.807) is 43.5 Å². The molecule has 4 aromatic carbocycles. The van der Waals surface area contributed by atoms with Crippen LogP contribution in [0.15, 0.2) is 112 Å². The van der Waals surface area contributed by atoms with Gasteiger partial charge in [0.05, 0.1) is 34.0 Å². The van der Waals surface area contributed by atoms with E-state index in [0.717, 1.165) is 22.1 Å². The number of methoxy groups -OCH3 is 1. The lowest BCUT2D eigenvalue weighted by molar-refractivity contribution is 0.415. The first-order chi connectivity index (χ1) is 17.3. The number of ether oxygens (including phenoxy) is 1. The summed E-state index contributed by atoms with van der Waals surface area (Å²) in [6.07, 6.45) is 0. The van der Waals surface area contributed by atoms with Crippen LogP contribution in [-0.4, -0.2) is 23.7 Å². The second-order valence-electron chi connectivity index (χ2n) is 8.55. The molecule has 0 amide bonds. The zero-order chi connectivity index (χ0) is 25.4. The van der Waals surface area contributed by atoms with E-state index in [0.29, 0.717) is 26.8 Å². The van der Waals surface area contributed by atoms with Crippen LogP contribution in [0.25, 0.3) is 22.2 Å². The van der Waals surface area contributed by atoms with E-state index < -0.39 is 20.8 Å². The maximum atomic E-state index is 14.0.